The van der Waals surface area contributed by atoms with E-state index in [1.807, 2.05) is 31.2 Å². The average Bonchev–Trinajstić information content (AvgIpc) is 2.58. The molecule has 0 saturated heterocycles. The Morgan fingerprint density at radius 3 is 2.62 bits per heavy atom. The van der Waals surface area contributed by atoms with E-state index in [-0.39, 0.29) is 23.0 Å². The monoisotopic (exact) mass is 378 g/mol. The minimum Gasteiger partial charge on any atom is -0.495 e. The van der Waals surface area contributed by atoms with Gasteiger partial charge in [-0.15, -0.1) is 0 Å². The Bertz CT molecular complexity index is 881. The summed E-state index contributed by atoms with van der Waals surface area (Å²) in [5, 5.41) is 7.80. The van der Waals surface area contributed by atoms with Gasteiger partial charge in [0.2, 0.25) is 15.9 Å². The molecule has 0 atom stereocenters. The number of carbonyl (C=O) groups is 1. The van der Waals surface area contributed by atoms with Crippen molar-refractivity contribution in [1.29, 1.82) is 0 Å². The third kappa shape index (κ3) is 5.75. The molecule has 2 rings (SSSR count). The van der Waals surface area contributed by atoms with Gasteiger partial charge in [-0.1, -0.05) is 12.1 Å². The van der Waals surface area contributed by atoms with Crippen molar-refractivity contribution in [3.8, 4) is 11.5 Å². The number of primary sulfonamides is 1. The van der Waals surface area contributed by atoms with Crippen LogP contribution in [0.1, 0.15) is 18.4 Å². The predicted octanol–water partition coefficient (Wildman–Crippen LogP) is 2.45. The highest BCUT2D eigenvalue weighted by molar-refractivity contribution is 7.89. The van der Waals surface area contributed by atoms with Crippen LogP contribution in [0.4, 0.5) is 5.69 Å². The number of benzene rings is 2. The van der Waals surface area contributed by atoms with Gasteiger partial charge in [-0.05, 0) is 49.2 Å². The van der Waals surface area contributed by atoms with Crippen LogP contribution >= 0.6 is 0 Å². The van der Waals surface area contributed by atoms with Crippen molar-refractivity contribution in [2.45, 2.75) is 24.7 Å². The average molecular weight is 378 g/mol. The summed E-state index contributed by atoms with van der Waals surface area (Å²) in [5.74, 6) is 0.638. The van der Waals surface area contributed by atoms with Crippen LogP contribution in [-0.2, 0) is 14.8 Å². The summed E-state index contributed by atoms with van der Waals surface area (Å²) in [6, 6.07) is 11.9. The molecule has 7 nitrogen and oxygen atoms in total. The molecule has 0 spiro atoms. The van der Waals surface area contributed by atoms with Crippen molar-refractivity contribution in [3.05, 3.63) is 48.0 Å². The second-order valence-corrected chi connectivity index (χ2v) is 7.26. The van der Waals surface area contributed by atoms with Crippen LogP contribution < -0.4 is 19.9 Å². The van der Waals surface area contributed by atoms with Crippen LogP contribution in [0.25, 0.3) is 0 Å². The van der Waals surface area contributed by atoms with Crippen molar-refractivity contribution in [3.63, 3.8) is 0 Å². The fourth-order valence-electron chi connectivity index (χ4n) is 2.33. The van der Waals surface area contributed by atoms with Crippen LogP contribution in [0.5, 0.6) is 11.5 Å². The van der Waals surface area contributed by atoms with Crippen molar-refractivity contribution in [2.75, 3.05) is 19.0 Å². The fourth-order valence-corrected chi connectivity index (χ4v) is 3.05. The lowest BCUT2D eigenvalue weighted by Crippen LogP contribution is -2.16. The second kappa shape index (κ2) is 8.68. The summed E-state index contributed by atoms with van der Waals surface area (Å²) in [7, 11) is -2.61. The molecule has 0 radical (unpaired) electrons. The Balaban J connectivity index is 1.88. The van der Waals surface area contributed by atoms with E-state index in [4.69, 9.17) is 14.6 Å². The zero-order valence-corrected chi connectivity index (χ0v) is 15.5. The lowest BCUT2D eigenvalue weighted by molar-refractivity contribution is -0.116. The minimum absolute atomic E-state index is 0.122. The van der Waals surface area contributed by atoms with E-state index >= 15 is 0 Å². The van der Waals surface area contributed by atoms with E-state index < -0.39 is 10.0 Å². The molecule has 0 bridgehead atoms. The van der Waals surface area contributed by atoms with E-state index in [1.54, 1.807) is 6.07 Å². The molecule has 0 unspecified atom stereocenters. The van der Waals surface area contributed by atoms with Gasteiger partial charge in [0.25, 0.3) is 0 Å². The summed E-state index contributed by atoms with van der Waals surface area (Å²) in [5.41, 5.74) is 1.44. The maximum Gasteiger partial charge on any atom is 0.241 e. The van der Waals surface area contributed by atoms with Gasteiger partial charge in [-0.3, -0.25) is 4.79 Å². The Kier molecular flexibility index (Phi) is 6.59. The molecule has 8 heteroatoms. The van der Waals surface area contributed by atoms with E-state index in [2.05, 4.69) is 5.32 Å². The molecule has 0 fully saturated rings. The second-order valence-electron chi connectivity index (χ2n) is 5.73. The summed E-state index contributed by atoms with van der Waals surface area (Å²) in [4.78, 5) is 11.8. The first-order chi connectivity index (χ1) is 12.3. The Morgan fingerprint density at radius 2 is 1.96 bits per heavy atom. The molecular formula is C18H22N2O5S. The van der Waals surface area contributed by atoms with Crippen LogP contribution in [0.3, 0.4) is 0 Å². The van der Waals surface area contributed by atoms with Gasteiger partial charge in [0, 0.05) is 12.1 Å². The maximum absolute atomic E-state index is 12.0. The highest BCUT2D eigenvalue weighted by Crippen LogP contribution is 2.26. The number of anilines is 1. The quantitative estimate of drug-likeness (QED) is 0.686. The normalized spacial score (nSPS) is 11.0. The van der Waals surface area contributed by atoms with Crippen LogP contribution in [-0.4, -0.2) is 28.0 Å². The molecule has 0 saturated carbocycles. The maximum atomic E-state index is 12.0. The number of carbonyl (C=O) groups excluding carboxylic acids is 1. The molecule has 2 aromatic carbocycles. The Labute approximate surface area is 153 Å². The summed E-state index contributed by atoms with van der Waals surface area (Å²) >= 11 is 0. The molecule has 2 aromatic rings. The molecule has 0 aliphatic heterocycles. The van der Waals surface area contributed by atoms with Gasteiger partial charge >= 0.3 is 0 Å². The number of rotatable bonds is 8. The lowest BCUT2D eigenvalue weighted by Gasteiger charge is -2.10. The van der Waals surface area contributed by atoms with E-state index in [0.29, 0.717) is 18.7 Å². The lowest BCUT2D eigenvalue weighted by atomic mass is 10.2. The van der Waals surface area contributed by atoms with Gasteiger partial charge in [0.15, 0.2) is 0 Å². The number of hydrogen-bond acceptors (Lipinski definition) is 5. The molecule has 3 N–H and O–H groups in total. The summed E-state index contributed by atoms with van der Waals surface area (Å²) < 4.78 is 33.7. The van der Waals surface area contributed by atoms with Crippen molar-refractivity contribution < 1.29 is 22.7 Å². The molecular weight excluding hydrogens is 356 g/mol. The number of hydrogen-bond donors (Lipinski definition) is 2. The number of nitrogens with one attached hydrogen (secondary N) is 1. The topological polar surface area (TPSA) is 108 Å². The van der Waals surface area contributed by atoms with Crippen molar-refractivity contribution in [1.82, 2.24) is 0 Å². The minimum atomic E-state index is -3.96. The first-order valence-electron chi connectivity index (χ1n) is 8.00. The molecule has 0 heterocycles. The highest BCUT2D eigenvalue weighted by atomic mass is 32.2. The number of amides is 1. The first-order valence-corrected chi connectivity index (χ1v) is 9.54. The van der Waals surface area contributed by atoms with Crippen molar-refractivity contribution >= 4 is 21.6 Å². The third-order valence-electron chi connectivity index (χ3n) is 3.56. The Morgan fingerprint density at radius 1 is 1.19 bits per heavy atom. The van der Waals surface area contributed by atoms with E-state index in [9.17, 15) is 13.2 Å². The predicted molar refractivity (Wildman–Crippen MR) is 98.9 cm³/mol. The zero-order chi connectivity index (χ0) is 19.2. The number of nitrogens with two attached hydrogens (primary N) is 1. The number of methoxy groups -OCH3 is 1. The highest BCUT2D eigenvalue weighted by Gasteiger charge is 2.16. The van der Waals surface area contributed by atoms with Gasteiger partial charge in [0.1, 0.15) is 16.4 Å². The van der Waals surface area contributed by atoms with Crippen molar-refractivity contribution in [2.24, 2.45) is 5.14 Å². The number of sulfonamides is 1. The number of aryl methyl sites for hydroxylation is 1. The van der Waals surface area contributed by atoms with Gasteiger partial charge < -0.3 is 14.8 Å². The van der Waals surface area contributed by atoms with Crippen LogP contribution in [0, 0.1) is 6.92 Å². The molecule has 140 valence electrons. The SMILES string of the molecule is COc1ccc(NC(=O)CCCOc2cccc(C)c2)cc1S(N)(=O)=O. The molecule has 0 aromatic heterocycles. The van der Waals surface area contributed by atoms with E-state index in [1.165, 1.54) is 19.2 Å². The molecule has 0 aliphatic carbocycles. The number of ether oxygens (including phenoxy) is 2. The molecule has 26 heavy (non-hydrogen) atoms. The van der Waals surface area contributed by atoms with E-state index in [0.717, 1.165) is 11.3 Å². The first kappa shape index (κ1) is 19.7. The van der Waals surface area contributed by atoms with Crippen LogP contribution in [0.15, 0.2) is 47.4 Å². The van der Waals surface area contributed by atoms with Gasteiger partial charge in [-0.25, -0.2) is 13.6 Å². The van der Waals surface area contributed by atoms with Gasteiger partial charge in [0.05, 0.1) is 13.7 Å². The zero-order valence-electron chi connectivity index (χ0n) is 14.7. The third-order valence-corrected chi connectivity index (χ3v) is 4.49. The molecule has 0 aliphatic rings. The smallest absolute Gasteiger partial charge is 0.241 e. The summed E-state index contributed by atoms with van der Waals surface area (Å²) in [6.45, 7) is 2.38. The standard InChI is InChI=1S/C18H22N2O5S/c1-13-5-3-6-15(11-13)25-10-4-7-18(21)20-14-8-9-16(24-2)17(12-14)26(19,22)23/h3,5-6,8-9,11-12H,4,7,10H2,1-2H3,(H,20,21)(H2,19,22,23). The molecule has 1 amide bonds. The van der Waals surface area contributed by atoms with Gasteiger partial charge in [-0.2, -0.15) is 0 Å². The fraction of sp³-hybridized carbons (Fsp3) is 0.278. The largest absolute Gasteiger partial charge is 0.495 e. The van der Waals surface area contributed by atoms with Crippen LogP contribution in [0.2, 0.25) is 0 Å². The summed E-state index contributed by atoms with van der Waals surface area (Å²) in [6.07, 6.45) is 0.764. The Hall–Kier alpha value is -2.58.